The maximum Gasteiger partial charge on any atom is 0.230 e. The molecule has 0 radical (unpaired) electrons. The number of halogens is 1. The Morgan fingerprint density at radius 2 is 2.38 bits per heavy atom. The third-order valence-electron chi connectivity index (χ3n) is 3.41. The fourth-order valence-electron chi connectivity index (χ4n) is 2.22. The Morgan fingerprint density at radius 3 is 3.05 bits per heavy atom. The smallest absolute Gasteiger partial charge is 0.230 e. The summed E-state index contributed by atoms with van der Waals surface area (Å²) >= 11 is 6.11. The fraction of sp³-hybridized carbons (Fsp3) is 0.438. The lowest BCUT2D eigenvalue weighted by molar-refractivity contribution is -0.121. The van der Waals surface area contributed by atoms with Gasteiger partial charge in [0.25, 0.3) is 0 Å². The number of hydrogen-bond acceptors (Lipinski definition) is 3. The van der Waals surface area contributed by atoms with Crippen LogP contribution in [0.1, 0.15) is 25.3 Å². The largest absolute Gasteiger partial charge is 0.395 e. The number of rotatable bonds is 3. The number of carbonyl (C=O) groups excluding carboxylic acids is 1. The number of ether oxygens (including phenoxy) is 1. The van der Waals surface area contributed by atoms with E-state index in [1.54, 1.807) is 18.2 Å². The molecule has 0 spiro atoms. The highest BCUT2D eigenvalue weighted by Crippen LogP contribution is 2.26. The van der Waals surface area contributed by atoms with Gasteiger partial charge < -0.3 is 15.2 Å². The third-order valence-corrected chi connectivity index (χ3v) is 3.74. The van der Waals surface area contributed by atoms with Crippen molar-refractivity contribution in [3.05, 3.63) is 28.8 Å². The van der Waals surface area contributed by atoms with Gasteiger partial charge in [0.05, 0.1) is 29.3 Å². The van der Waals surface area contributed by atoms with Gasteiger partial charge in [-0.3, -0.25) is 4.79 Å². The lowest BCUT2D eigenvalue weighted by Gasteiger charge is -2.15. The molecule has 1 fully saturated rings. The van der Waals surface area contributed by atoms with Crippen LogP contribution in [0.25, 0.3) is 0 Å². The first kappa shape index (κ1) is 15.8. The summed E-state index contributed by atoms with van der Waals surface area (Å²) in [7, 11) is 0. The van der Waals surface area contributed by atoms with E-state index in [1.807, 2.05) is 6.92 Å². The van der Waals surface area contributed by atoms with Gasteiger partial charge >= 0.3 is 0 Å². The summed E-state index contributed by atoms with van der Waals surface area (Å²) in [5.41, 5.74) is 1.30. The first-order valence-electron chi connectivity index (χ1n) is 6.93. The molecular formula is C16H18ClNO3. The van der Waals surface area contributed by atoms with Crippen LogP contribution >= 0.6 is 11.6 Å². The van der Waals surface area contributed by atoms with E-state index in [0.29, 0.717) is 23.7 Å². The van der Waals surface area contributed by atoms with E-state index in [1.165, 1.54) is 0 Å². The Hall–Kier alpha value is -1.54. The van der Waals surface area contributed by atoms with Crippen molar-refractivity contribution in [2.24, 2.45) is 5.92 Å². The van der Waals surface area contributed by atoms with Crippen LogP contribution in [-0.4, -0.2) is 30.3 Å². The molecule has 2 N–H and O–H groups in total. The van der Waals surface area contributed by atoms with Gasteiger partial charge in [-0.1, -0.05) is 23.4 Å². The molecule has 21 heavy (non-hydrogen) atoms. The molecule has 1 aliphatic heterocycles. The molecule has 1 saturated heterocycles. The molecule has 1 amide bonds. The van der Waals surface area contributed by atoms with Crippen LogP contribution in [0.5, 0.6) is 0 Å². The zero-order chi connectivity index (χ0) is 15.2. The van der Waals surface area contributed by atoms with Gasteiger partial charge in [0.2, 0.25) is 5.91 Å². The quantitative estimate of drug-likeness (QED) is 0.843. The van der Waals surface area contributed by atoms with Crippen molar-refractivity contribution in [1.82, 2.24) is 0 Å². The van der Waals surface area contributed by atoms with Crippen LogP contribution in [0.4, 0.5) is 5.69 Å². The summed E-state index contributed by atoms with van der Waals surface area (Å²) in [4.78, 5) is 12.2. The molecule has 5 heteroatoms. The van der Waals surface area contributed by atoms with Crippen LogP contribution in [0, 0.1) is 17.8 Å². The third kappa shape index (κ3) is 4.21. The van der Waals surface area contributed by atoms with Crippen LogP contribution in [0.3, 0.4) is 0 Å². The zero-order valence-electron chi connectivity index (χ0n) is 11.9. The predicted octanol–water partition coefficient (Wildman–Crippen LogP) is 2.44. The molecule has 1 aromatic carbocycles. The molecule has 0 bridgehead atoms. The van der Waals surface area contributed by atoms with Gasteiger partial charge in [-0.15, -0.1) is 0 Å². The van der Waals surface area contributed by atoms with E-state index in [-0.39, 0.29) is 24.5 Å². The number of benzene rings is 1. The number of anilines is 1. The molecule has 2 rings (SSSR count). The van der Waals surface area contributed by atoms with Crippen molar-refractivity contribution in [2.45, 2.75) is 25.9 Å². The molecule has 2 atom stereocenters. The lowest BCUT2D eigenvalue weighted by Crippen LogP contribution is -2.27. The van der Waals surface area contributed by atoms with E-state index in [2.05, 4.69) is 17.2 Å². The van der Waals surface area contributed by atoms with Crippen molar-refractivity contribution in [3.63, 3.8) is 0 Å². The summed E-state index contributed by atoms with van der Waals surface area (Å²) in [6.45, 7) is 2.54. The lowest BCUT2D eigenvalue weighted by atomic mass is 10.0. The highest BCUT2D eigenvalue weighted by Gasteiger charge is 2.30. The van der Waals surface area contributed by atoms with Crippen molar-refractivity contribution in [1.29, 1.82) is 0 Å². The normalized spacial score (nSPS) is 20.7. The monoisotopic (exact) mass is 307 g/mol. The topological polar surface area (TPSA) is 58.6 Å². The number of nitrogens with one attached hydrogen (secondary N) is 1. The van der Waals surface area contributed by atoms with E-state index >= 15 is 0 Å². The minimum Gasteiger partial charge on any atom is -0.395 e. The van der Waals surface area contributed by atoms with Gasteiger partial charge in [0.15, 0.2) is 0 Å². The second kappa shape index (κ2) is 7.46. The second-order valence-electron chi connectivity index (χ2n) is 4.93. The highest BCUT2D eigenvalue weighted by atomic mass is 35.5. The Labute approximate surface area is 129 Å². The van der Waals surface area contributed by atoms with Crippen LogP contribution < -0.4 is 5.32 Å². The van der Waals surface area contributed by atoms with Crippen LogP contribution in [-0.2, 0) is 9.53 Å². The van der Waals surface area contributed by atoms with E-state index < -0.39 is 0 Å². The molecule has 1 aromatic rings. The Kier molecular flexibility index (Phi) is 5.63. The van der Waals surface area contributed by atoms with Gasteiger partial charge in [0, 0.05) is 18.6 Å². The molecule has 4 nitrogen and oxygen atoms in total. The van der Waals surface area contributed by atoms with Crippen molar-refractivity contribution in [3.8, 4) is 11.8 Å². The van der Waals surface area contributed by atoms with E-state index in [4.69, 9.17) is 21.4 Å². The maximum atomic E-state index is 12.2. The summed E-state index contributed by atoms with van der Waals surface area (Å²) < 4.78 is 5.40. The van der Waals surface area contributed by atoms with E-state index in [0.717, 1.165) is 12.0 Å². The van der Waals surface area contributed by atoms with Crippen molar-refractivity contribution < 1.29 is 14.6 Å². The van der Waals surface area contributed by atoms with E-state index in [9.17, 15) is 4.79 Å². The van der Waals surface area contributed by atoms with Gasteiger partial charge in [0.1, 0.15) is 0 Å². The first-order valence-corrected chi connectivity index (χ1v) is 7.31. The number of aliphatic hydroxyl groups is 1. The molecule has 0 saturated carbocycles. The van der Waals surface area contributed by atoms with Crippen LogP contribution in [0.2, 0.25) is 5.02 Å². The molecule has 0 aromatic heterocycles. The van der Waals surface area contributed by atoms with Gasteiger partial charge in [-0.05, 0) is 31.5 Å². The van der Waals surface area contributed by atoms with Crippen molar-refractivity contribution in [2.75, 3.05) is 18.5 Å². The standard InChI is InChI=1S/C16H18ClNO3/c1-11-13(7-9-21-11)16(20)18-15-10-12(4-2-3-8-19)5-6-14(15)17/h5-6,10-11,13,19H,3,7-9H2,1H3,(H,18,20). The minimum absolute atomic E-state index is 0.0315. The summed E-state index contributed by atoms with van der Waals surface area (Å²) in [5.74, 6) is 5.53. The molecule has 112 valence electrons. The SMILES string of the molecule is CC1OCCC1C(=O)Nc1cc(C#CCCO)ccc1Cl. The predicted molar refractivity (Wildman–Crippen MR) is 82.2 cm³/mol. The number of amides is 1. The minimum atomic E-state index is -0.148. The summed E-state index contributed by atoms with van der Waals surface area (Å²) in [5, 5.41) is 12.0. The Morgan fingerprint density at radius 1 is 1.57 bits per heavy atom. The number of carbonyl (C=O) groups is 1. The highest BCUT2D eigenvalue weighted by molar-refractivity contribution is 6.33. The summed E-state index contributed by atoms with van der Waals surface area (Å²) in [6, 6.07) is 5.23. The zero-order valence-corrected chi connectivity index (χ0v) is 12.6. The number of aliphatic hydroxyl groups excluding tert-OH is 1. The average Bonchev–Trinajstić information content (AvgIpc) is 2.89. The van der Waals surface area contributed by atoms with Crippen LogP contribution in [0.15, 0.2) is 18.2 Å². The summed E-state index contributed by atoms with van der Waals surface area (Å²) in [6.07, 6.45) is 1.07. The second-order valence-corrected chi connectivity index (χ2v) is 5.34. The first-order chi connectivity index (χ1) is 10.1. The average molecular weight is 308 g/mol. The van der Waals surface area contributed by atoms with Gasteiger partial charge in [-0.2, -0.15) is 0 Å². The molecule has 1 heterocycles. The molecule has 0 aliphatic carbocycles. The van der Waals surface area contributed by atoms with Crippen molar-refractivity contribution >= 4 is 23.2 Å². The Balaban J connectivity index is 2.10. The molecule has 2 unspecified atom stereocenters. The molecule has 1 aliphatic rings. The van der Waals surface area contributed by atoms with Gasteiger partial charge in [-0.25, -0.2) is 0 Å². The fourth-order valence-corrected chi connectivity index (χ4v) is 2.39. The maximum absolute atomic E-state index is 12.2. The number of hydrogen-bond donors (Lipinski definition) is 2. The molecular weight excluding hydrogens is 290 g/mol. The Bertz CT molecular complexity index is 577.